The Bertz CT molecular complexity index is 426. The van der Waals surface area contributed by atoms with Crippen molar-refractivity contribution in [1.29, 1.82) is 0 Å². The average molecular weight is 276 g/mol. The number of hydrogen-bond donors (Lipinski definition) is 3. The van der Waals surface area contributed by atoms with Crippen LogP contribution in [-0.2, 0) is 0 Å². The van der Waals surface area contributed by atoms with E-state index in [4.69, 9.17) is 0 Å². The van der Waals surface area contributed by atoms with Crippen molar-refractivity contribution in [2.45, 2.75) is 44.6 Å². The van der Waals surface area contributed by atoms with Gasteiger partial charge in [0.1, 0.15) is 5.75 Å². The van der Waals surface area contributed by atoms with Gasteiger partial charge in [-0.05, 0) is 25.0 Å². The second kappa shape index (κ2) is 7.90. The van der Waals surface area contributed by atoms with E-state index in [1.807, 2.05) is 0 Å². The molecule has 20 heavy (non-hydrogen) atoms. The Hall–Kier alpha value is -1.55. The zero-order chi connectivity index (χ0) is 14.2. The average Bonchev–Trinajstić information content (AvgIpc) is 2.72. The summed E-state index contributed by atoms with van der Waals surface area (Å²) < 4.78 is 0. The number of amides is 1. The lowest BCUT2D eigenvalue weighted by atomic mass is 10.1. The molecule has 1 aromatic carbocycles. The van der Waals surface area contributed by atoms with Crippen LogP contribution in [0.5, 0.6) is 5.75 Å². The highest BCUT2D eigenvalue weighted by Gasteiger charge is 2.12. The highest BCUT2D eigenvalue weighted by atomic mass is 16.3. The number of benzene rings is 1. The minimum Gasteiger partial charge on any atom is -0.507 e. The quantitative estimate of drug-likeness (QED) is 0.572. The zero-order valence-corrected chi connectivity index (χ0v) is 11.9. The maximum absolute atomic E-state index is 11.9. The van der Waals surface area contributed by atoms with Gasteiger partial charge in [0, 0.05) is 19.1 Å². The van der Waals surface area contributed by atoms with E-state index >= 15 is 0 Å². The van der Waals surface area contributed by atoms with Gasteiger partial charge in [-0.2, -0.15) is 0 Å². The van der Waals surface area contributed by atoms with E-state index in [-0.39, 0.29) is 11.7 Å². The molecular weight excluding hydrogens is 252 g/mol. The van der Waals surface area contributed by atoms with Gasteiger partial charge < -0.3 is 15.7 Å². The molecule has 1 fully saturated rings. The van der Waals surface area contributed by atoms with Gasteiger partial charge >= 0.3 is 0 Å². The van der Waals surface area contributed by atoms with Crippen LogP contribution in [0, 0.1) is 0 Å². The van der Waals surface area contributed by atoms with E-state index in [0.29, 0.717) is 18.2 Å². The fourth-order valence-electron chi connectivity index (χ4n) is 2.70. The Morgan fingerprint density at radius 2 is 1.80 bits per heavy atom. The van der Waals surface area contributed by atoms with Crippen molar-refractivity contribution >= 4 is 5.91 Å². The molecule has 1 aliphatic carbocycles. The molecule has 1 aliphatic rings. The molecule has 0 saturated heterocycles. The third kappa shape index (κ3) is 4.53. The molecule has 0 aromatic heterocycles. The minimum absolute atomic E-state index is 0.0294. The predicted octanol–water partition coefficient (Wildman–Crippen LogP) is 2.43. The van der Waals surface area contributed by atoms with Crippen molar-refractivity contribution in [3.8, 4) is 5.75 Å². The topological polar surface area (TPSA) is 61.4 Å². The molecule has 1 aromatic rings. The van der Waals surface area contributed by atoms with Crippen molar-refractivity contribution < 1.29 is 9.90 Å². The van der Waals surface area contributed by atoms with Crippen LogP contribution in [0.25, 0.3) is 0 Å². The van der Waals surface area contributed by atoms with E-state index in [1.54, 1.807) is 18.2 Å². The van der Waals surface area contributed by atoms with Crippen molar-refractivity contribution in [2.75, 3.05) is 13.1 Å². The first-order valence-electron chi connectivity index (χ1n) is 7.57. The molecule has 0 atom stereocenters. The monoisotopic (exact) mass is 276 g/mol. The summed E-state index contributed by atoms with van der Waals surface area (Å²) in [6.07, 6.45) is 7.80. The van der Waals surface area contributed by atoms with Crippen molar-refractivity contribution in [1.82, 2.24) is 10.6 Å². The summed E-state index contributed by atoms with van der Waals surface area (Å²) >= 11 is 0. The Kier molecular flexibility index (Phi) is 5.87. The second-order valence-electron chi connectivity index (χ2n) is 5.42. The largest absolute Gasteiger partial charge is 0.507 e. The third-order valence-electron chi connectivity index (χ3n) is 3.85. The van der Waals surface area contributed by atoms with E-state index in [0.717, 1.165) is 6.54 Å². The van der Waals surface area contributed by atoms with Crippen LogP contribution < -0.4 is 10.6 Å². The highest BCUT2D eigenvalue weighted by molar-refractivity contribution is 5.96. The van der Waals surface area contributed by atoms with Crippen LogP contribution in [0.3, 0.4) is 0 Å². The standard InChI is InChI=1S/C16H24N2O2/c19-15-10-6-5-9-14(15)16(20)18-12-11-17-13-7-3-1-2-4-8-13/h5-6,9-10,13,17,19H,1-4,7-8,11-12H2,(H,18,20). The molecule has 0 aliphatic heterocycles. The first-order chi connectivity index (χ1) is 9.77. The van der Waals surface area contributed by atoms with Gasteiger partial charge in [-0.1, -0.05) is 37.8 Å². The number of rotatable bonds is 5. The van der Waals surface area contributed by atoms with Gasteiger partial charge in [-0.25, -0.2) is 0 Å². The summed E-state index contributed by atoms with van der Waals surface area (Å²) in [4.78, 5) is 11.9. The van der Waals surface area contributed by atoms with Gasteiger partial charge in [-0.3, -0.25) is 4.79 Å². The number of nitrogens with one attached hydrogen (secondary N) is 2. The number of carbonyl (C=O) groups excluding carboxylic acids is 1. The molecule has 3 N–H and O–H groups in total. The molecule has 0 spiro atoms. The molecule has 0 unspecified atom stereocenters. The van der Waals surface area contributed by atoms with Gasteiger partial charge in [-0.15, -0.1) is 0 Å². The lowest BCUT2D eigenvalue weighted by Gasteiger charge is -2.16. The molecule has 4 nitrogen and oxygen atoms in total. The van der Waals surface area contributed by atoms with Crippen LogP contribution >= 0.6 is 0 Å². The summed E-state index contributed by atoms with van der Waals surface area (Å²) in [5, 5.41) is 15.9. The number of carbonyl (C=O) groups is 1. The van der Waals surface area contributed by atoms with E-state index in [2.05, 4.69) is 10.6 Å². The Balaban J connectivity index is 1.68. The lowest BCUT2D eigenvalue weighted by Crippen LogP contribution is -2.36. The molecule has 0 heterocycles. The highest BCUT2D eigenvalue weighted by Crippen LogP contribution is 2.17. The fraction of sp³-hybridized carbons (Fsp3) is 0.562. The molecule has 1 saturated carbocycles. The fourth-order valence-corrected chi connectivity index (χ4v) is 2.70. The first kappa shape index (κ1) is 14.9. The molecule has 1 amide bonds. The molecule has 0 radical (unpaired) electrons. The summed E-state index contributed by atoms with van der Waals surface area (Å²) in [6.45, 7) is 1.37. The molecule has 0 bridgehead atoms. The van der Waals surface area contributed by atoms with Gasteiger partial charge in [0.25, 0.3) is 5.91 Å². The van der Waals surface area contributed by atoms with Crippen molar-refractivity contribution in [2.24, 2.45) is 0 Å². The smallest absolute Gasteiger partial charge is 0.255 e. The van der Waals surface area contributed by atoms with Crippen LogP contribution in [0.15, 0.2) is 24.3 Å². The van der Waals surface area contributed by atoms with Gasteiger partial charge in [0.2, 0.25) is 0 Å². The Labute approximate surface area is 120 Å². The summed E-state index contributed by atoms with van der Waals surface area (Å²) in [6, 6.07) is 7.21. The number of hydrogen-bond acceptors (Lipinski definition) is 3. The SMILES string of the molecule is O=C(NCCNC1CCCCCC1)c1ccccc1O. The predicted molar refractivity (Wildman–Crippen MR) is 79.9 cm³/mol. The lowest BCUT2D eigenvalue weighted by molar-refractivity contribution is 0.0951. The molecule has 2 rings (SSSR count). The Morgan fingerprint density at radius 1 is 1.10 bits per heavy atom. The summed E-state index contributed by atoms with van der Waals surface area (Å²) in [5.74, 6) is -0.188. The second-order valence-corrected chi connectivity index (χ2v) is 5.42. The van der Waals surface area contributed by atoms with Crippen molar-refractivity contribution in [3.05, 3.63) is 29.8 Å². The normalized spacial score (nSPS) is 16.6. The van der Waals surface area contributed by atoms with Crippen LogP contribution in [-0.4, -0.2) is 30.1 Å². The van der Waals surface area contributed by atoms with E-state index in [9.17, 15) is 9.90 Å². The van der Waals surface area contributed by atoms with Gasteiger partial charge in [0.15, 0.2) is 0 Å². The van der Waals surface area contributed by atoms with E-state index in [1.165, 1.54) is 44.6 Å². The maximum atomic E-state index is 11.9. The third-order valence-corrected chi connectivity index (χ3v) is 3.85. The zero-order valence-electron chi connectivity index (χ0n) is 11.9. The summed E-state index contributed by atoms with van der Waals surface area (Å²) in [5.41, 5.74) is 0.335. The number of para-hydroxylation sites is 1. The Morgan fingerprint density at radius 3 is 2.50 bits per heavy atom. The number of phenols is 1. The van der Waals surface area contributed by atoms with Crippen LogP contribution in [0.1, 0.15) is 48.9 Å². The molecule has 4 heteroatoms. The minimum atomic E-state index is -0.217. The van der Waals surface area contributed by atoms with E-state index < -0.39 is 0 Å². The van der Waals surface area contributed by atoms with Crippen LogP contribution in [0.2, 0.25) is 0 Å². The van der Waals surface area contributed by atoms with Crippen LogP contribution in [0.4, 0.5) is 0 Å². The molecular formula is C16H24N2O2. The number of phenolic OH excluding ortho intramolecular Hbond substituents is 1. The summed E-state index contributed by atoms with van der Waals surface area (Å²) in [7, 11) is 0. The van der Waals surface area contributed by atoms with Gasteiger partial charge in [0.05, 0.1) is 5.56 Å². The number of aromatic hydroxyl groups is 1. The van der Waals surface area contributed by atoms with Crippen molar-refractivity contribution in [3.63, 3.8) is 0 Å². The molecule has 110 valence electrons. The maximum Gasteiger partial charge on any atom is 0.255 e. The first-order valence-corrected chi connectivity index (χ1v) is 7.57.